The van der Waals surface area contributed by atoms with Crippen molar-refractivity contribution in [3.63, 3.8) is 0 Å². The van der Waals surface area contributed by atoms with Crippen molar-refractivity contribution in [2.45, 2.75) is 0 Å². The molecule has 4 rings (SSSR count). The van der Waals surface area contributed by atoms with Crippen LogP contribution in [0.25, 0.3) is 11.8 Å². The average molecular weight is 436 g/mol. The molecule has 0 amide bonds. The molecule has 0 radical (unpaired) electrons. The average Bonchev–Trinajstić information content (AvgIpc) is 3.24. The van der Waals surface area contributed by atoms with Crippen molar-refractivity contribution in [3.05, 3.63) is 106 Å². The zero-order chi connectivity index (χ0) is 20.9. The standard InChI is InChI=1S/C22H15Cl2N5O/c23-16-6-9-18(10-7-16)29-21(26-27-28-29)12-13-25-20-11-8-17(24)14-19(20)22(30)15-4-2-1-3-5-15/h1-14,25H/b13-12+. The van der Waals surface area contributed by atoms with Crippen LogP contribution in [-0.4, -0.2) is 26.0 Å². The van der Waals surface area contributed by atoms with E-state index in [0.717, 1.165) is 5.69 Å². The van der Waals surface area contributed by atoms with Gasteiger partial charge in [0.05, 0.1) is 5.69 Å². The van der Waals surface area contributed by atoms with Crippen LogP contribution in [0, 0.1) is 0 Å². The van der Waals surface area contributed by atoms with Crippen LogP contribution in [-0.2, 0) is 0 Å². The van der Waals surface area contributed by atoms with Crippen molar-refractivity contribution in [1.82, 2.24) is 20.2 Å². The highest BCUT2D eigenvalue weighted by molar-refractivity contribution is 6.31. The number of carbonyl (C=O) groups is 1. The van der Waals surface area contributed by atoms with Gasteiger partial charge in [0.25, 0.3) is 0 Å². The number of hydrogen-bond acceptors (Lipinski definition) is 5. The number of nitrogens with one attached hydrogen (secondary N) is 1. The number of nitrogens with zero attached hydrogens (tertiary/aromatic N) is 4. The smallest absolute Gasteiger partial charge is 0.195 e. The van der Waals surface area contributed by atoms with E-state index in [9.17, 15) is 4.79 Å². The highest BCUT2D eigenvalue weighted by Crippen LogP contribution is 2.24. The molecule has 3 aromatic carbocycles. The fraction of sp³-hybridized carbons (Fsp3) is 0. The summed E-state index contributed by atoms with van der Waals surface area (Å²) in [5, 5.41) is 16.0. The van der Waals surface area contributed by atoms with Gasteiger partial charge in [-0.2, -0.15) is 4.68 Å². The van der Waals surface area contributed by atoms with Crippen molar-refractivity contribution in [1.29, 1.82) is 0 Å². The molecule has 0 aliphatic carbocycles. The topological polar surface area (TPSA) is 72.7 Å². The molecule has 0 saturated heterocycles. The Morgan fingerprint density at radius 2 is 1.67 bits per heavy atom. The molecular weight excluding hydrogens is 421 g/mol. The van der Waals surface area contributed by atoms with Gasteiger partial charge in [0, 0.05) is 39.1 Å². The van der Waals surface area contributed by atoms with Gasteiger partial charge in [-0.25, -0.2) is 0 Å². The van der Waals surface area contributed by atoms with Crippen LogP contribution in [0.2, 0.25) is 10.0 Å². The van der Waals surface area contributed by atoms with Gasteiger partial charge in [-0.1, -0.05) is 53.5 Å². The first-order valence-corrected chi connectivity index (χ1v) is 9.74. The molecule has 6 nitrogen and oxygen atoms in total. The number of tetrazole rings is 1. The Labute approximate surface area is 182 Å². The summed E-state index contributed by atoms with van der Waals surface area (Å²) in [5.74, 6) is 0.384. The highest BCUT2D eigenvalue weighted by Gasteiger charge is 2.14. The maximum atomic E-state index is 12.9. The Hall–Kier alpha value is -3.48. The summed E-state index contributed by atoms with van der Waals surface area (Å²) >= 11 is 12.1. The number of anilines is 1. The summed E-state index contributed by atoms with van der Waals surface area (Å²) < 4.78 is 1.58. The first kappa shape index (κ1) is 19.8. The molecule has 0 aliphatic rings. The molecule has 4 aromatic rings. The highest BCUT2D eigenvalue weighted by atomic mass is 35.5. The Morgan fingerprint density at radius 3 is 2.43 bits per heavy atom. The third-order valence-corrected chi connectivity index (χ3v) is 4.79. The van der Waals surface area contributed by atoms with E-state index in [1.807, 2.05) is 30.3 Å². The Morgan fingerprint density at radius 1 is 0.933 bits per heavy atom. The van der Waals surface area contributed by atoms with Crippen LogP contribution in [0.3, 0.4) is 0 Å². The number of benzene rings is 3. The van der Waals surface area contributed by atoms with Gasteiger partial charge in [0.15, 0.2) is 11.6 Å². The van der Waals surface area contributed by atoms with Crippen molar-refractivity contribution < 1.29 is 4.79 Å². The molecule has 0 atom stereocenters. The third kappa shape index (κ3) is 4.40. The van der Waals surface area contributed by atoms with E-state index in [-0.39, 0.29) is 5.78 Å². The maximum absolute atomic E-state index is 12.9. The molecule has 1 aromatic heterocycles. The first-order chi connectivity index (χ1) is 14.6. The van der Waals surface area contributed by atoms with E-state index in [0.29, 0.717) is 32.7 Å². The number of halogens is 2. The number of aromatic nitrogens is 4. The lowest BCUT2D eigenvalue weighted by Gasteiger charge is -2.09. The molecule has 0 unspecified atom stereocenters. The van der Waals surface area contributed by atoms with Crippen LogP contribution in [0.5, 0.6) is 0 Å². The normalized spacial score (nSPS) is 11.0. The second-order valence-corrected chi connectivity index (χ2v) is 7.16. The third-order valence-electron chi connectivity index (χ3n) is 4.30. The zero-order valence-corrected chi connectivity index (χ0v) is 17.0. The van der Waals surface area contributed by atoms with Gasteiger partial charge < -0.3 is 5.32 Å². The number of hydrogen-bond donors (Lipinski definition) is 1. The molecule has 0 aliphatic heterocycles. The molecule has 0 spiro atoms. The van der Waals surface area contributed by atoms with E-state index in [4.69, 9.17) is 23.2 Å². The quantitative estimate of drug-likeness (QED) is 0.416. The monoisotopic (exact) mass is 435 g/mol. The predicted molar refractivity (Wildman–Crippen MR) is 118 cm³/mol. The van der Waals surface area contributed by atoms with Gasteiger partial charge in [-0.3, -0.25) is 4.79 Å². The van der Waals surface area contributed by atoms with Gasteiger partial charge in [0.1, 0.15) is 0 Å². The largest absolute Gasteiger partial charge is 0.361 e. The lowest BCUT2D eigenvalue weighted by atomic mass is 10.0. The van der Waals surface area contributed by atoms with E-state index >= 15 is 0 Å². The van der Waals surface area contributed by atoms with E-state index in [1.54, 1.807) is 59.4 Å². The lowest BCUT2D eigenvalue weighted by molar-refractivity contribution is 0.103. The van der Waals surface area contributed by atoms with Crippen molar-refractivity contribution in [3.8, 4) is 5.69 Å². The SMILES string of the molecule is O=C(c1ccccc1)c1cc(Cl)ccc1N/C=C/c1nnnn1-c1ccc(Cl)cc1. The fourth-order valence-corrected chi connectivity index (χ4v) is 3.14. The zero-order valence-electron chi connectivity index (χ0n) is 15.5. The molecule has 0 saturated carbocycles. The van der Waals surface area contributed by atoms with E-state index < -0.39 is 0 Å². The number of carbonyl (C=O) groups excluding carboxylic acids is 1. The first-order valence-electron chi connectivity index (χ1n) is 8.98. The second kappa shape index (κ2) is 8.90. The van der Waals surface area contributed by atoms with Gasteiger partial charge in [0.2, 0.25) is 0 Å². The molecule has 8 heteroatoms. The van der Waals surface area contributed by atoms with Crippen molar-refractivity contribution in [2.75, 3.05) is 5.32 Å². The molecule has 30 heavy (non-hydrogen) atoms. The lowest BCUT2D eigenvalue weighted by Crippen LogP contribution is -2.05. The van der Waals surface area contributed by atoms with Gasteiger partial charge >= 0.3 is 0 Å². The molecule has 0 bridgehead atoms. The fourth-order valence-electron chi connectivity index (χ4n) is 2.85. The summed E-state index contributed by atoms with van der Waals surface area (Å²) in [5.41, 5.74) is 2.44. The van der Waals surface area contributed by atoms with Gasteiger partial charge in [-0.05, 0) is 52.9 Å². The molecular formula is C22H15Cl2N5O. The number of rotatable bonds is 6. The van der Waals surface area contributed by atoms with Crippen LogP contribution in [0.15, 0.2) is 79.0 Å². The van der Waals surface area contributed by atoms with Crippen molar-refractivity contribution >= 4 is 40.7 Å². The van der Waals surface area contributed by atoms with Crippen LogP contribution < -0.4 is 5.32 Å². The molecule has 1 N–H and O–H groups in total. The molecule has 0 fully saturated rings. The van der Waals surface area contributed by atoms with E-state index in [1.165, 1.54) is 0 Å². The summed E-state index contributed by atoms with van der Waals surface area (Å²) in [4.78, 5) is 12.9. The Bertz CT molecular complexity index is 1200. The summed E-state index contributed by atoms with van der Waals surface area (Å²) in [7, 11) is 0. The van der Waals surface area contributed by atoms with E-state index in [2.05, 4.69) is 20.8 Å². The Kier molecular flexibility index (Phi) is 5.88. The second-order valence-electron chi connectivity index (χ2n) is 6.29. The summed E-state index contributed by atoms with van der Waals surface area (Å²) in [6.07, 6.45) is 3.38. The summed E-state index contributed by atoms with van der Waals surface area (Å²) in [6, 6.07) is 21.3. The minimum absolute atomic E-state index is 0.125. The molecule has 148 valence electrons. The maximum Gasteiger partial charge on any atom is 0.195 e. The Balaban J connectivity index is 1.58. The minimum Gasteiger partial charge on any atom is -0.361 e. The van der Waals surface area contributed by atoms with Gasteiger partial charge in [-0.15, -0.1) is 5.10 Å². The number of ketones is 1. The van der Waals surface area contributed by atoms with Crippen LogP contribution in [0.4, 0.5) is 5.69 Å². The summed E-state index contributed by atoms with van der Waals surface area (Å²) in [6.45, 7) is 0. The minimum atomic E-state index is -0.125. The van der Waals surface area contributed by atoms with Crippen LogP contribution >= 0.6 is 23.2 Å². The van der Waals surface area contributed by atoms with Crippen molar-refractivity contribution in [2.24, 2.45) is 0 Å². The van der Waals surface area contributed by atoms with Crippen LogP contribution in [0.1, 0.15) is 21.7 Å². The molecule has 1 heterocycles. The predicted octanol–water partition coefficient (Wildman–Crippen LogP) is 5.28.